The molecule has 2 rings (SSSR count). The zero-order valence-electron chi connectivity index (χ0n) is 12.5. The molecule has 0 saturated heterocycles. The molecule has 1 heterocycles. The molecule has 1 atom stereocenters. The van der Waals surface area contributed by atoms with Gasteiger partial charge < -0.3 is 10.1 Å². The van der Waals surface area contributed by atoms with Crippen LogP contribution in [0, 0.1) is 0 Å². The Balaban J connectivity index is 2.60. The second-order valence-electron chi connectivity index (χ2n) is 5.02. The lowest BCUT2D eigenvalue weighted by Crippen LogP contribution is -2.23. The highest BCUT2D eigenvalue weighted by molar-refractivity contribution is 6.31. The molecular weight excluding hydrogens is 309 g/mol. The first-order valence-electron chi connectivity index (χ1n) is 6.73. The first kappa shape index (κ1) is 16.1. The number of rotatable bonds is 5. The fraction of sp³-hybridized carbons (Fsp3) is 0.400. The lowest BCUT2D eigenvalue weighted by atomic mass is 10.0. The molecule has 0 aliphatic rings. The predicted molar refractivity (Wildman–Crippen MR) is 86.5 cm³/mol. The molecule has 21 heavy (non-hydrogen) atoms. The molecule has 0 spiro atoms. The maximum Gasteiger partial charge on any atom is 0.124 e. The summed E-state index contributed by atoms with van der Waals surface area (Å²) in [7, 11) is 3.51. The van der Waals surface area contributed by atoms with Crippen LogP contribution in [0.3, 0.4) is 0 Å². The Bertz CT molecular complexity index is 625. The van der Waals surface area contributed by atoms with Crippen molar-refractivity contribution >= 4 is 23.2 Å². The average molecular weight is 328 g/mol. The monoisotopic (exact) mass is 327 g/mol. The summed E-state index contributed by atoms with van der Waals surface area (Å²) >= 11 is 12.5. The smallest absolute Gasteiger partial charge is 0.124 e. The highest BCUT2D eigenvalue weighted by Crippen LogP contribution is 2.35. The van der Waals surface area contributed by atoms with Crippen LogP contribution in [0.15, 0.2) is 24.4 Å². The minimum atomic E-state index is -0.156. The molecule has 2 aromatic rings. The van der Waals surface area contributed by atoms with Crippen LogP contribution in [0.4, 0.5) is 0 Å². The van der Waals surface area contributed by atoms with Crippen molar-refractivity contribution in [3.63, 3.8) is 0 Å². The summed E-state index contributed by atoms with van der Waals surface area (Å²) in [6.45, 7) is 4.13. The zero-order chi connectivity index (χ0) is 15.6. The fourth-order valence-electron chi connectivity index (χ4n) is 2.40. The molecule has 1 N–H and O–H groups in total. The predicted octanol–water partition coefficient (Wildman–Crippen LogP) is 4.09. The summed E-state index contributed by atoms with van der Waals surface area (Å²) in [5.41, 5.74) is 1.83. The Morgan fingerprint density at radius 1 is 1.29 bits per heavy atom. The summed E-state index contributed by atoms with van der Waals surface area (Å²) < 4.78 is 7.36. The first-order valence-corrected chi connectivity index (χ1v) is 7.48. The number of hydrogen-bond donors (Lipinski definition) is 1. The summed E-state index contributed by atoms with van der Waals surface area (Å²) in [5.74, 6) is 0.756. The second kappa shape index (κ2) is 6.69. The molecule has 0 aliphatic carbocycles. The van der Waals surface area contributed by atoms with E-state index in [-0.39, 0.29) is 12.1 Å². The van der Waals surface area contributed by atoms with E-state index < -0.39 is 0 Å². The Kier molecular flexibility index (Phi) is 5.14. The molecule has 6 heteroatoms. The number of benzene rings is 1. The normalized spacial score (nSPS) is 12.7. The van der Waals surface area contributed by atoms with Gasteiger partial charge in [-0.05, 0) is 39.1 Å². The number of ether oxygens (including phenoxy) is 1. The molecule has 0 fully saturated rings. The minimum Gasteiger partial charge on any atom is -0.496 e. The fourth-order valence-corrected chi connectivity index (χ4v) is 2.82. The van der Waals surface area contributed by atoms with Gasteiger partial charge in [0.2, 0.25) is 0 Å². The molecular formula is C15H19Cl2N3O. The molecule has 114 valence electrons. The van der Waals surface area contributed by atoms with Crippen molar-refractivity contribution in [3.05, 3.63) is 45.7 Å². The van der Waals surface area contributed by atoms with Gasteiger partial charge in [-0.2, -0.15) is 5.10 Å². The summed E-state index contributed by atoms with van der Waals surface area (Å²) in [6, 6.07) is 5.59. The third-order valence-electron chi connectivity index (χ3n) is 3.34. The maximum absolute atomic E-state index is 6.35. The van der Waals surface area contributed by atoms with Crippen LogP contribution in [-0.2, 0) is 0 Å². The van der Waals surface area contributed by atoms with Gasteiger partial charge in [0, 0.05) is 16.6 Å². The lowest BCUT2D eigenvalue weighted by Gasteiger charge is -2.23. The summed E-state index contributed by atoms with van der Waals surface area (Å²) in [4.78, 5) is 0. The van der Waals surface area contributed by atoms with Crippen molar-refractivity contribution in [3.8, 4) is 5.75 Å². The van der Waals surface area contributed by atoms with Gasteiger partial charge >= 0.3 is 0 Å². The van der Waals surface area contributed by atoms with Gasteiger partial charge in [-0.25, -0.2) is 0 Å². The van der Waals surface area contributed by atoms with Gasteiger partial charge in [-0.1, -0.05) is 23.2 Å². The van der Waals surface area contributed by atoms with Crippen molar-refractivity contribution in [2.75, 3.05) is 14.2 Å². The van der Waals surface area contributed by atoms with Crippen molar-refractivity contribution in [2.45, 2.75) is 25.9 Å². The third-order valence-corrected chi connectivity index (χ3v) is 3.87. The van der Waals surface area contributed by atoms with Gasteiger partial charge in [-0.3, -0.25) is 4.68 Å². The van der Waals surface area contributed by atoms with E-state index in [1.54, 1.807) is 19.4 Å². The van der Waals surface area contributed by atoms with E-state index in [4.69, 9.17) is 27.9 Å². The molecule has 4 nitrogen and oxygen atoms in total. The van der Waals surface area contributed by atoms with Crippen LogP contribution in [-0.4, -0.2) is 23.9 Å². The molecule has 0 radical (unpaired) electrons. The van der Waals surface area contributed by atoms with Crippen molar-refractivity contribution < 1.29 is 4.74 Å². The molecule has 1 unspecified atom stereocenters. The van der Waals surface area contributed by atoms with Crippen molar-refractivity contribution in [1.82, 2.24) is 15.1 Å². The van der Waals surface area contributed by atoms with E-state index in [0.717, 1.165) is 17.0 Å². The van der Waals surface area contributed by atoms with E-state index in [9.17, 15) is 0 Å². The highest BCUT2D eigenvalue weighted by atomic mass is 35.5. The van der Waals surface area contributed by atoms with Crippen molar-refractivity contribution in [1.29, 1.82) is 0 Å². The largest absolute Gasteiger partial charge is 0.496 e. The van der Waals surface area contributed by atoms with Gasteiger partial charge in [0.05, 0.1) is 30.1 Å². The summed E-state index contributed by atoms with van der Waals surface area (Å²) in [5, 5.41) is 8.90. The minimum absolute atomic E-state index is 0.156. The van der Waals surface area contributed by atoms with Gasteiger partial charge in [0.15, 0.2) is 0 Å². The van der Waals surface area contributed by atoms with Crippen LogP contribution >= 0.6 is 23.2 Å². The molecule has 1 aromatic heterocycles. The number of aromatic nitrogens is 2. The Labute approximate surface area is 135 Å². The topological polar surface area (TPSA) is 39.1 Å². The van der Waals surface area contributed by atoms with Crippen molar-refractivity contribution in [2.24, 2.45) is 0 Å². The van der Waals surface area contributed by atoms with E-state index in [1.807, 2.05) is 23.9 Å². The van der Waals surface area contributed by atoms with E-state index in [2.05, 4.69) is 24.3 Å². The van der Waals surface area contributed by atoms with Gasteiger partial charge in [0.25, 0.3) is 0 Å². The molecule has 0 bridgehead atoms. The van der Waals surface area contributed by atoms with Crippen LogP contribution in [0.5, 0.6) is 5.75 Å². The number of halogens is 2. The number of methoxy groups -OCH3 is 1. The molecule has 0 amide bonds. The Morgan fingerprint density at radius 2 is 2.00 bits per heavy atom. The Hall–Kier alpha value is -1.23. The first-order chi connectivity index (χ1) is 9.99. The average Bonchev–Trinajstić information content (AvgIpc) is 2.82. The van der Waals surface area contributed by atoms with Crippen LogP contribution in [0.2, 0.25) is 10.0 Å². The standard InChI is InChI=1S/C15H19Cl2N3O/c1-9(2)20-15(12(17)8-19-20)14(18-3)11-7-10(16)5-6-13(11)21-4/h5-9,14,18H,1-4H3. The SMILES string of the molecule is CNC(c1cc(Cl)ccc1OC)c1c(Cl)cnn1C(C)C. The lowest BCUT2D eigenvalue weighted by molar-refractivity contribution is 0.402. The third kappa shape index (κ3) is 3.18. The molecule has 1 aromatic carbocycles. The number of nitrogens with zero attached hydrogens (tertiary/aromatic N) is 2. The zero-order valence-corrected chi connectivity index (χ0v) is 14.0. The van der Waals surface area contributed by atoms with E-state index in [1.165, 1.54) is 0 Å². The number of nitrogens with one attached hydrogen (secondary N) is 1. The van der Waals surface area contributed by atoms with Gasteiger partial charge in [-0.15, -0.1) is 0 Å². The van der Waals surface area contributed by atoms with Crippen LogP contribution in [0.1, 0.15) is 37.2 Å². The maximum atomic E-state index is 6.35. The Morgan fingerprint density at radius 3 is 2.57 bits per heavy atom. The molecule has 0 aliphatic heterocycles. The van der Waals surface area contributed by atoms with Crippen LogP contribution < -0.4 is 10.1 Å². The molecule has 0 saturated carbocycles. The second-order valence-corrected chi connectivity index (χ2v) is 5.87. The summed E-state index contributed by atoms with van der Waals surface area (Å²) in [6.07, 6.45) is 1.66. The van der Waals surface area contributed by atoms with E-state index >= 15 is 0 Å². The van der Waals surface area contributed by atoms with Crippen LogP contribution in [0.25, 0.3) is 0 Å². The number of hydrogen-bond acceptors (Lipinski definition) is 3. The van der Waals surface area contributed by atoms with Gasteiger partial charge in [0.1, 0.15) is 5.75 Å². The quantitative estimate of drug-likeness (QED) is 0.898. The highest BCUT2D eigenvalue weighted by Gasteiger charge is 2.24. The van der Waals surface area contributed by atoms with E-state index in [0.29, 0.717) is 10.0 Å².